The molecule has 0 radical (unpaired) electrons. The summed E-state index contributed by atoms with van der Waals surface area (Å²) >= 11 is 1.53. The van der Waals surface area contributed by atoms with E-state index in [4.69, 9.17) is 0 Å². The fraction of sp³-hybridized carbons (Fsp3) is 0.381. The lowest BCUT2D eigenvalue weighted by Crippen LogP contribution is -2.30. The van der Waals surface area contributed by atoms with Crippen molar-refractivity contribution in [2.45, 2.75) is 38.3 Å². The Bertz CT molecular complexity index is 909. The van der Waals surface area contributed by atoms with E-state index in [9.17, 15) is 13.2 Å². The summed E-state index contributed by atoms with van der Waals surface area (Å²) in [5.74, 6) is 0.920. The van der Waals surface area contributed by atoms with E-state index in [2.05, 4.69) is 5.32 Å². The van der Waals surface area contributed by atoms with Gasteiger partial charge < -0.3 is 5.32 Å². The predicted octanol–water partition coefficient (Wildman–Crippen LogP) is 4.21. The van der Waals surface area contributed by atoms with Crippen LogP contribution in [0.5, 0.6) is 0 Å². The molecule has 0 bridgehead atoms. The average Bonchev–Trinajstić information content (AvgIpc) is 2.66. The van der Waals surface area contributed by atoms with Crippen LogP contribution in [0, 0.1) is 13.8 Å². The Hall–Kier alpha value is -1.83. The molecule has 5 nitrogen and oxygen atoms in total. The van der Waals surface area contributed by atoms with Crippen LogP contribution in [0.4, 0.5) is 5.69 Å². The van der Waals surface area contributed by atoms with Gasteiger partial charge in [0.2, 0.25) is 15.9 Å². The maximum Gasteiger partial charge on any atom is 0.243 e. The van der Waals surface area contributed by atoms with Crippen LogP contribution in [-0.2, 0) is 20.6 Å². The Morgan fingerprint density at radius 3 is 2.32 bits per heavy atom. The molecule has 0 aliphatic heterocycles. The van der Waals surface area contributed by atoms with Crippen molar-refractivity contribution in [2.75, 3.05) is 24.2 Å². The molecule has 1 amide bonds. The van der Waals surface area contributed by atoms with Crippen LogP contribution in [0.2, 0.25) is 0 Å². The van der Waals surface area contributed by atoms with Gasteiger partial charge in [-0.05, 0) is 42.7 Å². The predicted molar refractivity (Wildman–Crippen MR) is 117 cm³/mol. The van der Waals surface area contributed by atoms with Gasteiger partial charge in [-0.3, -0.25) is 4.79 Å². The Kier molecular flexibility index (Phi) is 8.10. The summed E-state index contributed by atoms with van der Waals surface area (Å²) in [6, 6.07) is 13.2. The molecule has 0 saturated heterocycles. The molecule has 0 aliphatic carbocycles. The molecule has 0 saturated carbocycles. The zero-order chi connectivity index (χ0) is 20.7. The maximum atomic E-state index is 12.8. The summed E-state index contributed by atoms with van der Waals surface area (Å²) in [5, 5.41) is 2.88. The van der Waals surface area contributed by atoms with Gasteiger partial charge in [0.1, 0.15) is 0 Å². The highest BCUT2D eigenvalue weighted by molar-refractivity contribution is 7.99. The SMILES string of the molecule is CCN(CC)S(=O)(=O)c1cc(C)c(C)c(NC(=O)CSCc2ccccc2)c1. The van der Waals surface area contributed by atoms with Crippen molar-refractivity contribution in [2.24, 2.45) is 0 Å². The molecule has 7 heteroatoms. The topological polar surface area (TPSA) is 66.5 Å². The van der Waals surface area contributed by atoms with Gasteiger partial charge in [-0.1, -0.05) is 44.2 Å². The van der Waals surface area contributed by atoms with Crippen molar-refractivity contribution in [3.8, 4) is 0 Å². The highest BCUT2D eigenvalue weighted by atomic mass is 32.2. The third kappa shape index (κ3) is 5.59. The molecule has 2 rings (SSSR count). The monoisotopic (exact) mass is 420 g/mol. The number of sulfonamides is 1. The van der Waals surface area contributed by atoms with E-state index in [1.54, 1.807) is 12.1 Å². The van der Waals surface area contributed by atoms with Gasteiger partial charge in [0, 0.05) is 24.5 Å². The molecule has 0 aliphatic rings. The number of aryl methyl sites for hydroxylation is 1. The standard InChI is InChI=1S/C21H28N2O3S2/c1-5-23(6-2)28(25,26)19-12-16(3)17(4)20(13-19)22-21(24)15-27-14-18-10-8-7-9-11-18/h7-13H,5-6,14-15H2,1-4H3,(H,22,24). The maximum absolute atomic E-state index is 12.8. The fourth-order valence-corrected chi connectivity index (χ4v) is 5.20. The first-order valence-electron chi connectivity index (χ1n) is 9.32. The zero-order valence-corrected chi connectivity index (χ0v) is 18.5. The average molecular weight is 421 g/mol. The van der Waals surface area contributed by atoms with Crippen molar-refractivity contribution in [1.82, 2.24) is 4.31 Å². The van der Waals surface area contributed by atoms with E-state index in [1.807, 2.05) is 58.0 Å². The van der Waals surface area contributed by atoms with Gasteiger partial charge in [-0.25, -0.2) is 8.42 Å². The number of nitrogens with one attached hydrogen (secondary N) is 1. The largest absolute Gasteiger partial charge is 0.325 e. The summed E-state index contributed by atoms with van der Waals surface area (Å²) in [6.07, 6.45) is 0. The summed E-state index contributed by atoms with van der Waals surface area (Å²) in [4.78, 5) is 12.6. The van der Waals surface area contributed by atoms with Crippen LogP contribution in [0.1, 0.15) is 30.5 Å². The smallest absolute Gasteiger partial charge is 0.243 e. The molecule has 2 aromatic carbocycles. The molecular weight excluding hydrogens is 392 g/mol. The van der Waals surface area contributed by atoms with Gasteiger partial charge in [0.05, 0.1) is 10.6 Å². The number of thioether (sulfide) groups is 1. The van der Waals surface area contributed by atoms with Crippen molar-refractivity contribution in [3.63, 3.8) is 0 Å². The fourth-order valence-electron chi connectivity index (χ4n) is 2.84. The first-order chi connectivity index (χ1) is 13.3. The second-order valence-electron chi connectivity index (χ2n) is 6.53. The van der Waals surface area contributed by atoms with E-state index < -0.39 is 10.0 Å². The number of amides is 1. The van der Waals surface area contributed by atoms with Crippen LogP contribution in [0.25, 0.3) is 0 Å². The minimum atomic E-state index is -3.57. The molecule has 28 heavy (non-hydrogen) atoms. The van der Waals surface area contributed by atoms with E-state index >= 15 is 0 Å². The first-order valence-corrected chi connectivity index (χ1v) is 11.9. The summed E-state index contributed by atoms with van der Waals surface area (Å²) in [7, 11) is -3.57. The highest BCUT2D eigenvalue weighted by Crippen LogP contribution is 2.26. The number of rotatable bonds is 9. The quantitative estimate of drug-likeness (QED) is 0.660. The summed E-state index contributed by atoms with van der Waals surface area (Å²) in [5.41, 5.74) is 3.43. The van der Waals surface area contributed by atoms with E-state index in [1.165, 1.54) is 21.6 Å². The number of carbonyl (C=O) groups excluding carboxylic acids is 1. The number of hydrogen-bond acceptors (Lipinski definition) is 4. The third-order valence-electron chi connectivity index (χ3n) is 4.60. The summed E-state index contributed by atoms with van der Waals surface area (Å²) < 4.78 is 27.1. The minimum Gasteiger partial charge on any atom is -0.325 e. The van der Waals surface area contributed by atoms with Crippen LogP contribution in [0.3, 0.4) is 0 Å². The Balaban J connectivity index is 2.12. The van der Waals surface area contributed by atoms with E-state index in [0.29, 0.717) is 24.5 Å². The molecule has 2 aromatic rings. The molecule has 1 N–H and O–H groups in total. The number of nitrogens with zero attached hydrogens (tertiary/aromatic N) is 1. The molecular formula is C21H28N2O3S2. The number of benzene rings is 2. The lowest BCUT2D eigenvalue weighted by Gasteiger charge is -2.20. The molecule has 152 valence electrons. The third-order valence-corrected chi connectivity index (χ3v) is 7.63. The molecule has 0 spiro atoms. The lowest BCUT2D eigenvalue weighted by molar-refractivity contribution is -0.113. The minimum absolute atomic E-state index is 0.138. The molecule has 0 heterocycles. The van der Waals surface area contributed by atoms with E-state index in [-0.39, 0.29) is 10.8 Å². The van der Waals surface area contributed by atoms with Crippen LogP contribution >= 0.6 is 11.8 Å². The van der Waals surface area contributed by atoms with Gasteiger partial charge in [0.25, 0.3) is 0 Å². The molecule has 0 atom stereocenters. The highest BCUT2D eigenvalue weighted by Gasteiger charge is 2.23. The van der Waals surface area contributed by atoms with Gasteiger partial charge in [-0.2, -0.15) is 4.31 Å². The Labute approximate surface area is 172 Å². The molecule has 0 aromatic heterocycles. The Morgan fingerprint density at radius 2 is 1.71 bits per heavy atom. The lowest BCUT2D eigenvalue weighted by atomic mass is 10.1. The van der Waals surface area contributed by atoms with Crippen LogP contribution < -0.4 is 5.32 Å². The normalized spacial score (nSPS) is 11.6. The first kappa shape index (κ1) is 22.5. The summed E-state index contributed by atoms with van der Waals surface area (Å²) in [6.45, 7) is 8.18. The van der Waals surface area contributed by atoms with Crippen molar-refractivity contribution in [1.29, 1.82) is 0 Å². The van der Waals surface area contributed by atoms with Gasteiger partial charge in [0.15, 0.2) is 0 Å². The van der Waals surface area contributed by atoms with Gasteiger partial charge in [-0.15, -0.1) is 11.8 Å². The van der Waals surface area contributed by atoms with E-state index in [0.717, 1.165) is 16.9 Å². The second kappa shape index (κ2) is 10.1. The van der Waals surface area contributed by atoms with Gasteiger partial charge >= 0.3 is 0 Å². The molecule has 0 unspecified atom stereocenters. The molecule has 0 fully saturated rings. The van der Waals surface area contributed by atoms with Crippen LogP contribution in [-0.4, -0.2) is 37.5 Å². The Morgan fingerprint density at radius 1 is 1.07 bits per heavy atom. The number of carbonyl (C=O) groups is 1. The number of anilines is 1. The number of hydrogen-bond donors (Lipinski definition) is 1. The van der Waals surface area contributed by atoms with Crippen molar-refractivity contribution in [3.05, 3.63) is 59.2 Å². The van der Waals surface area contributed by atoms with Crippen molar-refractivity contribution >= 4 is 33.4 Å². The zero-order valence-electron chi connectivity index (χ0n) is 16.9. The van der Waals surface area contributed by atoms with Crippen LogP contribution in [0.15, 0.2) is 47.4 Å². The van der Waals surface area contributed by atoms with Crippen molar-refractivity contribution < 1.29 is 13.2 Å². The second-order valence-corrected chi connectivity index (χ2v) is 9.45.